The molecule has 4 fully saturated rings. The molecule has 24 nitrogen and oxygen atoms in total. The van der Waals surface area contributed by atoms with E-state index in [4.69, 9.17) is 33.2 Å². The molecular weight excluding hydrogens is 728 g/mol. The molecule has 14 N–H and O–H groups in total. The van der Waals surface area contributed by atoms with Gasteiger partial charge in [-0.1, -0.05) is 0 Å². The molecule has 4 aliphatic rings. The minimum Gasteiger partial charge on any atom is -0.477 e. The Balaban J connectivity index is 1.77. The van der Waals surface area contributed by atoms with E-state index in [-0.39, 0.29) is 0 Å². The van der Waals surface area contributed by atoms with Gasteiger partial charge >= 0.3 is 5.97 Å². The van der Waals surface area contributed by atoms with Crippen molar-refractivity contribution in [2.45, 2.75) is 136 Å². The molecule has 0 aromatic carbocycles. The summed E-state index contributed by atoms with van der Waals surface area (Å²) in [7, 11) is 0. The summed E-state index contributed by atoms with van der Waals surface area (Å²) in [5.74, 6) is -6.38. The highest BCUT2D eigenvalue weighted by Gasteiger charge is 2.60. The van der Waals surface area contributed by atoms with E-state index in [1.54, 1.807) is 0 Å². The second kappa shape index (κ2) is 18.1. The zero-order chi connectivity index (χ0) is 39.5. The number of hydrogen-bond donors (Lipinski definition) is 14. The second-order valence-electron chi connectivity index (χ2n) is 13.1. The molecule has 24 heteroatoms. The van der Waals surface area contributed by atoms with Crippen LogP contribution < -0.4 is 10.6 Å². The number of carbonyl (C=O) groups is 3. The van der Waals surface area contributed by atoms with Gasteiger partial charge in [-0.3, -0.25) is 9.59 Å². The first-order valence-corrected chi connectivity index (χ1v) is 16.5. The quantitative estimate of drug-likeness (QED) is 0.0825. The Morgan fingerprint density at radius 2 is 1.15 bits per heavy atom. The molecule has 4 saturated heterocycles. The molecule has 0 aromatic rings. The van der Waals surface area contributed by atoms with E-state index >= 15 is 0 Å². The molecule has 0 saturated carbocycles. The summed E-state index contributed by atoms with van der Waals surface area (Å²) in [6.07, 6.45) is -31.0. The highest BCUT2D eigenvalue weighted by Crippen LogP contribution is 2.39. The van der Waals surface area contributed by atoms with Crippen molar-refractivity contribution >= 4 is 17.8 Å². The van der Waals surface area contributed by atoms with Gasteiger partial charge in [0.05, 0.1) is 38.6 Å². The van der Waals surface area contributed by atoms with Gasteiger partial charge in [0.2, 0.25) is 11.8 Å². The molecule has 19 atom stereocenters. The average Bonchev–Trinajstić information content (AvgIpc) is 3.10. The maximum atomic E-state index is 12.9. The van der Waals surface area contributed by atoms with Gasteiger partial charge in [0.1, 0.15) is 79.3 Å². The van der Waals surface area contributed by atoms with Crippen LogP contribution in [0.5, 0.6) is 0 Å². The molecule has 2 amide bonds. The van der Waals surface area contributed by atoms with Crippen molar-refractivity contribution in [1.29, 1.82) is 0 Å². The van der Waals surface area contributed by atoms with Gasteiger partial charge in [0.15, 0.2) is 18.9 Å². The van der Waals surface area contributed by atoms with E-state index in [1.807, 2.05) is 0 Å². The number of carboxylic acids is 1. The predicted octanol–water partition coefficient (Wildman–Crippen LogP) is -8.98. The molecule has 0 radical (unpaired) electrons. The summed E-state index contributed by atoms with van der Waals surface area (Å²) in [4.78, 5) is 36.8. The maximum absolute atomic E-state index is 12.9. The van der Waals surface area contributed by atoms with Crippen molar-refractivity contribution < 1.29 is 109 Å². The van der Waals surface area contributed by atoms with Crippen LogP contribution >= 0.6 is 0 Å². The fraction of sp³-hybridized carbons (Fsp3) is 0.897. The first-order valence-electron chi connectivity index (χ1n) is 16.5. The third-order valence-electron chi connectivity index (χ3n) is 9.30. The fourth-order valence-electron chi connectivity index (χ4n) is 6.66. The lowest BCUT2D eigenvalue weighted by molar-refractivity contribution is -0.398. The normalized spacial score (nSPS) is 46.4. The van der Waals surface area contributed by atoms with Crippen LogP contribution in [0.1, 0.15) is 20.3 Å². The van der Waals surface area contributed by atoms with Gasteiger partial charge in [-0.15, -0.1) is 0 Å². The fourth-order valence-corrected chi connectivity index (χ4v) is 6.66. The van der Waals surface area contributed by atoms with Crippen molar-refractivity contribution in [1.82, 2.24) is 10.6 Å². The number of carbonyl (C=O) groups excluding carboxylic acids is 2. The summed E-state index contributed by atoms with van der Waals surface area (Å²) < 4.78 is 39.6. The van der Waals surface area contributed by atoms with Gasteiger partial charge in [0.25, 0.3) is 5.79 Å². The van der Waals surface area contributed by atoms with E-state index in [0.717, 1.165) is 13.8 Å². The Morgan fingerprint density at radius 3 is 1.70 bits per heavy atom. The third-order valence-corrected chi connectivity index (χ3v) is 9.30. The summed E-state index contributed by atoms with van der Waals surface area (Å²) in [6.45, 7) is -1.73. The Hall–Kier alpha value is -2.31. The average molecular weight is 777 g/mol. The van der Waals surface area contributed by atoms with E-state index in [0.29, 0.717) is 0 Å². The van der Waals surface area contributed by atoms with Crippen molar-refractivity contribution in [3.05, 3.63) is 0 Å². The van der Waals surface area contributed by atoms with Crippen molar-refractivity contribution in [3.63, 3.8) is 0 Å². The maximum Gasteiger partial charge on any atom is 0.364 e. The molecular formula is C29H48N2O22. The monoisotopic (exact) mass is 776 g/mol. The van der Waals surface area contributed by atoms with Crippen LogP contribution in [-0.4, -0.2) is 222 Å². The number of aliphatic carboxylic acids is 1. The number of rotatable bonds is 13. The van der Waals surface area contributed by atoms with Crippen LogP contribution in [0.4, 0.5) is 0 Å². The molecule has 4 rings (SSSR count). The van der Waals surface area contributed by atoms with Crippen molar-refractivity contribution in [3.8, 4) is 0 Å². The zero-order valence-electron chi connectivity index (χ0n) is 28.4. The van der Waals surface area contributed by atoms with Gasteiger partial charge < -0.3 is 105 Å². The largest absolute Gasteiger partial charge is 0.477 e. The Kier molecular flexibility index (Phi) is 14.8. The number of hydrogen-bond acceptors (Lipinski definition) is 21. The van der Waals surface area contributed by atoms with Crippen LogP contribution in [-0.2, 0) is 47.5 Å². The number of nitrogens with one attached hydrogen (secondary N) is 2. The molecule has 0 aliphatic carbocycles. The standard InChI is InChI=1S/C29H48N2O22/c1-8(36)30-15-10(38)3-29(28(45)46,52-11(15)4-32)53-24-21(43)27(50-22-13(6-34)47-25(44)20(42)19(22)41)49-14(7-35)23(24)51-26-16(31-9(2)37)18(40)17(39)12(5-33)48-26/h10-27,32-35,38-44H,3-7H2,1-2H3,(H,30,36)(H,31,37)(H,45,46)/t10-,11-,12+,13+,14+,15+,16+,17-,18+,19+,20+,21+,22+,23-,24+,25+,26-,27-,29-/m0/s1. The van der Waals surface area contributed by atoms with Crippen LogP contribution in [0, 0.1) is 0 Å². The van der Waals surface area contributed by atoms with E-state index in [1.165, 1.54) is 0 Å². The van der Waals surface area contributed by atoms with Gasteiger partial charge in [-0.05, 0) is 0 Å². The van der Waals surface area contributed by atoms with Gasteiger partial charge in [-0.2, -0.15) is 0 Å². The number of aliphatic hydroxyl groups is 11. The lowest BCUT2D eigenvalue weighted by Crippen LogP contribution is -2.71. The summed E-state index contributed by atoms with van der Waals surface area (Å²) in [5, 5.41) is 130. The molecule has 0 aromatic heterocycles. The molecule has 306 valence electrons. The van der Waals surface area contributed by atoms with Crippen molar-refractivity contribution in [2.75, 3.05) is 26.4 Å². The predicted molar refractivity (Wildman–Crippen MR) is 162 cm³/mol. The molecule has 4 heterocycles. The minimum atomic E-state index is -2.99. The Labute approximate surface area is 300 Å². The molecule has 53 heavy (non-hydrogen) atoms. The van der Waals surface area contributed by atoms with Gasteiger partial charge in [0, 0.05) is 20.3 Å². The number of aliphatic hydroxyl groups excluding tert-OH is 11. The van der Waals surface area contributed by atoms with Gasteiger partial charge in [-0.25, -0.2) is 4.79 Å². The van der Waals surface area contributed by atoms with Crippen LogP contribution in [0.3, 0.4) is 0 Å². The molecule has 4 aliphatic heterocycles. The second-order valence-corrected chi connectivity index (χ2v) is 13.1. The van der Waals surface area contributed by atoms with E-state index in [2.05, 4.69) is 10.6 Å². The van der Waals surface area contributed by atoms with Crippen molar-refractivity contribution in [2.24, 2.45) is 0 Å². The number of ether oxygens (including phenoxy) is 7. The first-order chi connectivity index (χ1) is 24.9. The molecule has 0 unspecified atom stereocenters. The summed E-state index contributed by atoms with van der Waals surface area (Å²) in [5.41, 5.74) is 0. The van der Waals surface area contributed by atoms with Crippen LogP contribution in [0.25, 0.3) is 0 Å². The summed E-state index contributed by atoms with van der Waals surface area (Å²) in [6, 6.07) is -2.98. The van der Waals surface area contributed by atoms with E-state index in [9.17, 15) is 75.7 Å². The summed E-state index contributed by atoms with van der Waals surface area (Å²) >= 11 is 0. The lowest BCUT2D eigenvalue weighted by atomic mass is 9.91. The molecule has 0 spiro atoms. The highest BCUT2D eigenvalue weighted by molar-refractivity contribution is 5.76. The number of amides is 2. The third kappa shape index (κ3) is 9.22. The topological polar surface area (TPSA) is 383 Å². The highest BCUT2D eigenvalue weighted by atomic mass is 16.8. The van der Waals surface area contributed by atoms with E-state index < -0.39 is 167 Å². The lowest BCUT2D eigenvalue weighted by Gasteiger charge is -2.51. The minimum absolute atomic E-state index is 0.679. The van der Waals surface area contributed by atoms with Crippen LogP contribution in [0.15, 0.2) is 0 Å². The Morgan fingerprint density at radius 1 is 0.623 bits per heavy atom. The first kappa shape index (κ1) is 43.4. The molecule has 0 bridgehead atoms. The Bertz CT molecular complexity index is 1250. The smallest absolute Gasteiger partial charge is 0.364 e. The zero-order valence-corrected chi connectivity index (χ0v) is 28.4. The SMILES string of the molecule is CC(=O)N[C@H]1[C@H](O[C@@H]2[C@H](O[C@]3(C(=O)O)C[C@H](O)[C@@H](NC(C)=O)[C@H](CO)O3)[C@@H](O)[C@H](O[C@H]3[C@H](O)[C@@H](O)[C@H](O)O[C@@H]3CO)O[C@@H]2CO)O[C@H](CO)[C@H](O)[C@@H]1O. The van der Waals surface area contributed by atoms with Crippen LogP contribution in [0.2, 0.25) is 0 Å². The number of carboxylic acid groups (broad SMARTS) is 1.